The topological polar surface area (TPSA) is 28.2 Å². The fourth-order valence-electron chi connectivity index (χ4n) is 1.32. The predicted molar refractivity (Wildman–Crippen MR) is 75.8 cm³/mol. The Balaban J connectivity index is 2.69. The zero-order chi connectivity index (χ0) is 12.1. The number of hydrogen-bond acceptors (Lipinski definition) is 5. The van der Waals surface area contributed by atoms with Crippen LogP contribution in [0.2, 0.25) is 0 Å². The maximum Gasteiger partial charge on any atom is 0.185 e. The molecule has 1 aromatic heterocycles. The van der Waals surface area contributed by atoms with E-state index in [4.69, 9.17) is 0 Å². The zero-order valence-electron chi connectivity index (χ0n) is 10.7. The molecule has 0 aliphatic rings. The number of nitrogens with zero attached hydrogens (tertiary/aromatic N) is 2. The van der Waals surface area contributed by atoms with Crippen LogP contribution in [0.15, 0.2) is 6.20 Å². The minimum absolute atomic E-state index is 0.385. The second-order valence-electron chi connectivity index (χ2n) is 3.97. The van der Waals surface area contributed by atoms with Crippen LogP contribution in [0, 0.1) is 0 Å². The Kier molecular flexibility index (Phi) is 5.58. The summed E-state index contributed by atoms with van der Waals surface area (Å²) in [5, 5.41) is 4.35. The molecule has 3 nitrogen and oxygen atoms in total. The number of nitrogens with one attached hydrogen (secondary N) is 1. The lowest BCUT2D eigenvalue weighted by Gasteiger charge is -2.23. The van der Waals surface area contributed by atoms with Gasteiger partial charge in [-0.15, -0.1) is 11.3 Å². The molecule has 0 saturated heterocycles. The summed E-state index contributed by atoms with van der Waals surface area (Å²) in [6.07, 6.45) is 4.12. The van der Waals surface area contributed by atoms with Crippen molar-refractivity contribution in [1.29, 1.82) is 0 Å². The molecule has 0 bridgehead atoms. The van der Waals surface area contributed by atoms with Crippen LogP contribution in [-0.2, 0) is 0 Å². The minimum Gasteiger partial charge on any atom is -0.348 e. The molecule has 0 aliphatic carbocycles. The highest BCUT2D eigenvalue weighted by molar-refractivity contribution is 7.98. The molecule has 0 amide bonds. The van der Waals surface area contributed by atoms with E-state index < -0.39 is 0 Å². The number of thiazole rings is 1. The molecule has 1 rings (SSSR count). The van der Waals surface area contributed by atoms with E-state index in [0.29, 0.717) is 12.1 Å². The Labute approximate surface area is 107 Å². The van der Waals surface area contributed by atoms with Crippen LogP contribution in [-0.4, -0.2) is 37.1 Å². The van der Waals surface area contributed by atoms with Gasteiger partial charge in [0, 0.05) is 36.0 Å². The molecule has 0 aromatic carbocycles. The van der Waals surface area contributed by atoms with E-state index in [9.17, 15) is 0 Å². The second kappa shape index (κ2) is 6.47. The Morgan fingerprint density at radius 3 is 2.81 bits per heavy atom. The highest BCUT2D eigenvalue weighted by atomic mass is 32.2. The maximum absolute atomic E-state index is 4.48. The first-order valence-corrected chi connectivity index (χ1v) is 7.66. The Hall–Kier alpha value is -0.260. The van der Waals surface area contributed by atoms with Crippen molar-refractivity contribution in [1.82, 2.24) is 10.3 Å². The number of anilines is 1. The molecule has 0 spiro atoms. The molecule has 92 valence electrons. The lowest BCUT2D eigenvalue weighted by molar-refractivity contribution is 0.662. The van der Waals surface area contributed by atoms with Crippen LogP contribution in [0.3, 0.4) is 0 Å². The Morgan fingerprint density at radius 1 is 1.56 bits per heavy atom. The minimum atomic E-state index is 0.385. The first-order valence-electron chi connectivity index (χ1n) is 5.44. The summed E-state index contributed by atoms with van der Waals surface area (Å²) in [6, 6.07) is 0.911. The molecule has 0 aliphatic heterocycles. The standard InChI is InChI=1S/C11H21N3S2/c1-8(7-15-5)14(4)11-13-6-10(16-11)9(2)12-3/h6,8-9,12H,7H2,1-5H3. The number of thioether (sulfide) groups is 1. The largest absolute Gasteiger partial charge is 0.348 e. The molecule has 5 heteroatoms. The van der Waals surface area contributed by atoms with E-state index in [1.165, 1.54) is 4.88 Å². The van der Waals surface area contributed by atoms with Crippen molar-refractivity contribution < 1.29 is 0 Å². The fraction of sp³-hybridized carbons (Fsp3) is 0.727. The van der Waals surface area contributed by atoms with Gasteiger partial charge in [0.15, 0.2) is 5.13 Å². The van der Waals surface area contributed by atoms with E-state index in [1.807, 2.05) is 25.0 Å². The van der Waals surface area contributed by atoms with Crippen LogP contribution in [0.5, 0.6) is 0 Å². The van der Waals surface area contributed by atoms with Gasteiger partial charge in [0.2, 0.25) is 0 Å². The summed E-state index contributed by atoms with van der Waals surface area (Å²) in [7, 11) is 4.09. The van der Waals surface area contributed by atoms with E-state index in [2.05, 4.69) is 42.4 Å². The molecule has 2 atom stereocenters. The van der Waals surface area contributed by atoms with Gasteiger partial charge in [-0.2, -0.15) is 11.8 Å². The monoisotopic (exact) mass is 259 g/mol. The van der Waals surface area contributed by atoms with Crippen LogP contribution in [0.4, 0.5) is 5.13 Å². The summed E-state index contributed by atoms with van der Waals surface area (Å²) >= 11 is 3.64. The second-order valence-corrected chi connectivity index (χ2v) is 5.92. The summed E-state index contributed by atoms with van der Waals surface area (Å²) in [4.78, 5) is 8.03. The summed E-state index contributed by atoms with van der Waals surface area (Å²) in [5.41, 5.74) is 0. The summed E-state index contributed by atoms with van der Waals surface area (Å²) in [5.74, 6) is 1.13. The van der Waals surface area contributed by atoms with Crippen molar-refractivity contribution in [3.63, 3.8) is 0 Å². The van der Waals surface area contributed by atoms with E-state index >= 15 is 0 Å². The molecule has 1 N–H and O–H groups in total. The first-order chi connectivity index (χ1) is 7.60. The van der Waals surface area contributed by atoms with Gasteiger partial charge in [0.1, 0.15) is 0 Å². The van der Waals surface area contributed by atoms with Crippen molar-refractivity contribution in [2.24, 2.45) is 0 Å². The summed E-state index contributed by atoms with van der Waals surface area (Å²) in [6.45, 7) is 4.39. The van der Waals surface area contributed by atoms with Gasteiger partial charge in [-0.05, 0) is 27.2 Å². The SMILES string of the molecule is CNC(C)c1cnc(N(C)C(C)CSC)s1. The highest BCUT2D eigenvalue weighted by Gasteiger charge is 2.14. The zero-order valence-corrected chi connectivity index (χ0v) is 12.3. The molecule has 0 fully saturated rings. The number of aromatic nitrogens is 1. The number of rotatable bonds is 6. The molecular formula is C11H21N3S2. The number of hydrogen-bond donors (Lipinski definition) is 1. The lowest BCUT2D eigenvalue weighted by atomic mass is 10.3. The van der Waals surface area contributed by atoms with Crippen molar-refractivity contribution >= 4 is 28.2 Å². The molecular weight excluding hydrogens is 238 g/mol. The normalized spacial score (nSPS) is 14.8. The molecule has 0 radical (unpaired) electrons. The van der Waals surface area contributed by atoms with Crippen LogP contribution in [0.1, 0.15) is 24.8 Å². The fourth-order valence-corrected chi connectivity index (χ4v) is 3.07. The third kappa shape index (κ3) is 3.37. The first kappa shape index (κ1) is 13.8. The van der Waals surface area contributed by atoms with Gasteiger partial charge in [-0.1, -0.05) is 0 Å². The van der Waals surface area contributed by atoms with E-state index in [0.717, 1.165) is 10.9 Å². The van der Waals surface area contributed by atoms with Crippen molar-refractivity contribution in [2.75, 3.05) is 31.0 Å². The van der Waals surface area contributed by atoms with Gasteiger partial charge >= 0.3 is 0 Å². The van der Waals surface area contributed by atoms with E-state index in [-0.39, 0.29) is 0 Å². The van der Waals surface area contributed by atoms with Crippen LogP contribution in [0.25, 0.3) is 0 Å². The van der Waals surface area contributed by atoms with Gasteiger partial charge < -0.3 is 10.2 Å². The van der Waals surface area contributed by atoms with Gasteiger partial charge in [-0.3, -0.25) is 0 Å². The molecule has 0 saturated carbocycles. The third-order valence-electron chi connectivity index (χ3n) is 2.74. The highest BCUT2D eigenvalue weighted by Crippen LogP contribution is 2.27. The molecule has 1 heterocycles. The Morgan fingerprint density at radius 2 is 2.25 bits per heavy atom. The smallest absolute Gasteiger partial charge is 0.185 e. The molecule has 2 unspecified atom stereocenters. The third-order valence-corrected chi connectivity index (χ3v) is 4.83. The summed E-state index contributed by atoms with van der Waals surface area (Å²) < 4.78 is 0. The Bertz CT molecular complexity index is 314. The average Bonchev–Trinajstić information content (AvgIpc) is 2.76. The van der Waals surface area contributed by atoms with Gasteiger partial charge in [0.05, 0.1) is 0 Å². The van der Waals surface area contributed by atoms with Gasteiger partial charge in [0.25, 0.3) is 0 Å². The van der Waals surface area contributed by atoms with Crippen molar-refractivity contribution in [3.05, 3.63) is 11.1 Å². The van der Waals surface area contributed by atoms with Crippen molar-refractivity contribution in [2.45, 2.75) is 25.9 Å². The molecule has 1 aromatic rings. The maximum atomic E-state index is 4.48. The quantitative estimate of drug-likeness (QED) is 0.850. The van der Waals surface area contributed by atoms with Crippen LogP contribution < -0.4 is 10.2 Å². The van der Waals surface area contributed by atoms with Gasteiger partial charge in [-0.25, -0.2) is 4.98 Å². The van der Waals surface area contributed by atoms with Crippen molar-refractivity contribution in [3.8, 4) is 0 Å². The van der Waals surface area contributed by atoms with E-state index in [1.54, 1.807) is 11.3 Å². The average molecular weight is 259 g/mol. The molecule has 16 heavy (non-hydrogen) atoms. The van der Waals surface area contributed by atoms with Crippen LogP contribution >= 0.6 is 23.1 Å². The predicted octanol–water partition coefficient (Wildman–Crippen LogP) is 2.61. The lowest BCUT2D eigenvalue weighted by Crippen LogP contribution is -2.30.